The Labute approximate surface area is 118 Å². The summed E-state index contributed by atoms with van der Waals surface area (Å²) in [4.78, 5) is 21.6. The first-order valence-corrected chi connectivity index (χ1v) is 5.86. The second kappa shape index (κ2) is 8.69. The number of carboxylic acid groups (broad SMARTS) is 1. The van der Waals surface area contributed by atoms with Gasteiger partial charge in [0, 0.05) is 12.2 Å². The highest BCUT2D eigenvalue weighted by Crippen LogP contribution is 2.17. The summed E-state index contributed by atoms with van der Waals surface area (Å²) in [7, 11) is 0. The van der Waals surface area contributed by atoms with Crippen molar-refractivity contribution in [2.24, 2.45) is 0 Å². The van der Waals surface area contributed by atoms with Crippen LogP contribution in [0, 0.1) is 0 Å². The number of rotatable bonds is 8. The number of nitrogens with one attached hydrogen (secondary N) is 2. The number of hydrogen-bond donors (Lipinski definition) is 3. The number of carboxylic acids is 1. The molecule has 0 fully saturated rings. The number of alkyl halides is 2. The van der Waals surface area contributed by atoms with E-state index < -0.39 is 25.2 Å². The number of anilines is 1. The van der Waals surface area contributed by atoms with Gasteiger partial charge in [-0.2, -0.15) is 8.78 Å². The number of benzene rings is 1. The maximum absolute atomic E-state index is 11.9. The van der Waals surface area contributed by atoms with E-state index in [1.165, 1.54) is 24.3 Å². The van der Waals surface area contributed by atoms with Gasteiger partial charge in [0.05, 0.1) is 6.61 Å². The topological polar surface area (TPSA) is 96.9 Å². The normalized spacial score (nSPS) is 10.2. The van der Waals surface area contributed by atoms with Crippen LogP contribution >= 0.6 is 0 Å². The number of aliphatic carboxylic acids is 1. The summed E-state index contributed by atoms with van der Waals surface area (Å²) < 4.78 is 32.7. The zero-order valence-electron chi connectivity index (χ0n) is 10.8. The molecule has 1 aromatic rings. The number of carbonyl (C=O) groups is 2. The molecule has 0 atom stereocenters. The molecule has 3 N–H and O–H groups in total. The SMILES string of the molecule is O=C(O)COCCNC(=O)Nc1ccc(OC(F)F)cc1. The number of hydrogen-bond acceptors (Lipinski definition) is 4. The number of urea groups is 1. The predicted molar refractivity (Wildman–Crippen MR) is 68.6 cm³/mol. The maximum Gasteiger partial charge on any atom is 0.387 e. The monoisotopic (exact) mass is 304 g/mol. The Bertz CT molecular complexity index is 467. The summed E-state index contributed by atoms with van der Waals surface area (Å²) in [5.74, 6) is -1.11. The van der Waals surface area contributed by atoms with Gasteiger partial charge in [0.2, 0.25) is 0 Å². The number of carbonyl (C=O) groups excluding carboxylic acids is 1. The third kappa shape index (κ3) is 7.67. The smallest absolute Gasteiger partial charge is 0.387 e. The van der Waals surface area contributed by atoms with Crippen LogP contribution in [-0.2, 0) is 9.53 Å². The van der Waals surface area contributed by atoms with Crippen molar-refractivity contribution in [1.82, 2.24) is 5.32 Å². The predicted octanol–water partition coefficient (Wildman–Crippen LogP) is 1.51. The van der Waals surface area contributed by atoms with Crippen LogP contribution in [0.1, 0.15) is 0 Å². The van der Waals surface area contributed by atoms with Crippen LogP contribution in [0.25, 0.3) is 0 Å². The Hall–Kier alpha value is -2.42. The van der Waals surface area contributed by atoms with Crippen LogP contribution in [0.2, 0.25) is 0 Å². The Morgan fingerprint density at radius 2 is 1.90 bits per heavy atom. The molecule has 0 unspecified atom stereocenters. The van der Waals surface area contributed by atoms with Crippen molar-refractivity contribution in [3.8, 4) is 5.75 Å². The summed E-state index contributed by atoms with van der Waals surface area (Å²) in [5, 5.41) is 13.2. The largest absolute Gasteiger partial charge is 0.480 e. The van der Waals surface area contributed by atoms with Crippen LogP contribution in [0.15, 0.2) is 24.3 Å². The highest BCUT2D eigenvalue weighted by Gasteiger charge is 2.05. The van der Waals surface area contributed by atoms with Crippen molar-refractivity contribution in [3.05, 3.63) is 24.3 Å². The average molecular weight is 304 g/mol. The molecular formula is C12H14F2N2O5. The van der Waals surface area contributed by atoms with Gasteiger partial charge in [0.1, 0.15) is 12.4 Å². The first kappa shape index (κ1) is 16.6. The van der Waals surface area contributed by atoms with E-state index in [2.05, 4.69) is 15.4 Å². The van der Waals surface area contributed by atoms with Gasteiger partial charge in [-0.3, -0.25) is 0 Å². The highest BCUT2D eigenvalue weighted by molar-refractivity contribution is 5.89. The number of ether oxygens (including phenoxy) is 2. The lowest BCUT2D eigenvalue weighted by molar-refractivity contribution is -0.142. The van der Waals surface area contributed by atoms with E-state index in [1.807, 2.05) is 0 Å². The average Bonchev–Trinajstić information content (AvgIpc) is 2.39. The lowest BCUT2D eigenvalue weighted by atomic mass is 10.3. The fourth-order valence-electron chi connectivity index (χ4n) is 1.29. The van der Waals surface area contributed by atoms with Crippen LogP contribution in [-0.4, -0.2) is 43.5 Å². The molecule has 0 radical (unpaired) electrons. The third-order valence-corrected chi connectivity index (χ3v) is 2.09. The van der Waals surface area contributed by atoms with E-state index in [4.69, 9.17) is 9.84 Å². The van der Waals surface area contributed by atoms with Crippen LogP contribution < -0.4 is 15.4 Å². The van der Waals surface area contributed by atoms with Crippen molar-refractivity contribution in [2.45, 2.75) is 6.61 Å². The van der Waals surface area contributed by atoms with Crippen LogP contribution in [0.5, 0.6) is 5.75 Å². The molecule has 1 rings (SSSR count). The van der Waals surface area contributed by atoms with Gasteiger partial charge in [-0.15, -0.1) is 0 Å². The molecule has 1 aromatic carbocycles. The van der Waals surface area contributed by atoms with E-state index >= 15 is 0 Å². The van der Waals surface area contributed by atoms with Crippen molar-refractivity contribution in [2.75, 3.05) is 25.1 Å². The number of halogens is 2. The third-order valence-electron chi connectivity index (χ3n) is 2.09. The molecule has 0 aliphatic rings. The molecule has 2 amide bonds. The quantitative estimate of drug-likeness (QED) is 0.633. The van der Waals surface area contributed by atoms with E-state index in [-0.39, 0.29) is 18.9 Å². The van der Waals surface area contributed by atoms with E-state index in [0.717, 1.165) is 0 Å². The van der Waals surface area contributed by atoms with Gasteiger partial charge in [-0.1, -0.05) is 0 Å². The van der Waals surface area contributed by atoms with Crippen molar-refractivity contribution in [1.29, 1.82) is 0 Å². The minimum absolute atomic E-state index is 0.0157. The maximum atomic E-state index is 11.9. The second-order valence-electron chi connectivity index (χ2n) is 3.73. The minimum atomic E-state index is -2.90. The lowest BCUT2D eigenvalue weighted by Crippen LogP contribution is -2.31. The summed E-state index contributed by atoms with van der Waals surface area (Å²) in [6, 6.07) is 4.85. The van der Waals surface area contributed by atoms with Gasteiger partial charge in [0.15, 0.2) is 0 Å². The summed E-state index contributed by atoms with van der Waals surface area (Å²) >= 11 is 0. The van der Waals surface area contributed by atoms with Gasteiger partial charge in [0.25, 0.3) is 0 Å². The molecule has 0 aromatic heterocycles. The number of amides is 2. The second-order valence-corrected chi connectivity index (χ2v) is 3.73. The summed E-state index contributed by atoms with van der Waals surface area (Å²) in [6.07, 6.45) is 0. The van der Waals surface area contributed by atoms with E-state index in [9.17, 15) is 18.4 Å². The minimum Gasteiger partial charge on any atom is -0.480 e. The molecule has 7 nitrogen and oxygen atoms in total. The van der Waals surface area contributed by atoms with E-state index in [1.54, 1.807) is 0 Å². The molecular weight excluding hydrogens is 290 g/mol. The van der Waals surface area contributed by atoms with Crippen molar-refractivity contribution in [3.63, 3.8) is 0 Å². The van der Waals surface area contributed by atoms with Gasteiger partial charge >= 0.3 is 18.6 Å². The molecule has 9 heteroatoms. The zero-order chi connectivity index (χ0) is 15.7. The first-order valence-electron chi connectivity index (χ1n) is 5.86. The molecule has 21 heavy (non-hydrogen) atoms. The molecule has 0 aliphatic carbocycles. The Kier molecular flexibility index (Phi) is 6.88. The standard InChI is InChI=1S/C12H14F2N2O5/c13-11(14)21-9-3-1-8(2-4-9)16-12(19)15-5-6-20-7-10(17)18/h1-4,11H,5-7H2,(H,17,18)(H2,15,16,19). The van der Waals surface area contributed by atoms with Crippen LogP contribution in [0.4, 0.5) is 19.3 Å². The molecule has 0 heterocycles. The van der Waals surface area contributed by atoms with Gasteiger partial charge in [-0.25, -0.2) is 9.59 Å². The lowest BCUT2D eigenvalue weighted by Gasteiger charge is -2.09. The fourth-order valence-corrected chi connectivity index (χ4v) is 1.29. The molecule has 0 bridgehead atoms. The highest BCUT2D eigenvalue weighted by atomic mass is 19.3. The van der Waals surface area contributed by atoms with Crippen molar-refractivity contribution < 1.29 is 33.0 Å². The zero-order valence-corrected chi connectivity index (χ0v) is 10.8. The van der Waals surface area contributed by atoms with Gasteiger partial charge < -0.3 is 25.2 Å². The summed E-state index contributed by atoms with van der Waals surface area (Å²) in [5.41, 5.74) is 0.389. The Balaban J connectivity index is 2.26. The summed E-state index contributed by atoms with van der Waals surface area (Å²) in [6.45, 7) is -3.15. The molecule has 116 valence electrons. The molecule has 0 saturated heterocycles. The Morgan fingerprint density at radius 3 is 2.48 bits per heavy atom. The fraction of sp³-hybridized carbons (Fsp3) is 0.333. The first-order chi connectivity index (χ1) is 9.97. The van der Waals surface area contributed by atoms with Crippen molar-refractivity contribution >= 4 is 17.7 Å². The Morgan fingerprint density at radius 1 is 1.24 bits per heavy atom. The molecule has 0 aliphatic heterocycles. The molecule has 0 saturated carbocycles. The van der Waals surface area contributed by atoms with Crippen LogP contribution in [0.3, 0.4) is 0 Å². The molecule has 0 spiro atoms. The van der Waals surface area contributed by atoms with Gasteiger partial charge in [-0.05, 0) is 24.3 Å². The van der Waals surface area contributed by atoms with E-state index in [0.29, 0.717) is 5.69 Å².